The number of amides is 1. The van der Waals surface area contributed by atoms with Crippen LogP contribution >= 0.6 is 0 Å². The van der Waals surface area contributed by atoms with Crippen molar-refractivity contribution in [3.63, 3.8) is 0 Å². The number of nitrogen functional groups attached to an aromatic ring is 1. The number of carbonyl (C=O) groups is 1. The number of ether oxygens (including phenoxy) is 1. The Labute approximate surface area is 145 Å². The van der Waals surface area contributed by atoms with Crippen LogP contribution in [0.4, 0.5) is 5.82 Å². The SMILES string of the molecule is COc1cccc([C@@H](C)NC(=O)/C=C/c2ccc3[nH]nc(N)c3c2)c1. The van der Waals surface area contributed by atoms with Crippen molar-refractivity contribution in [3.8, 4) is 5.75 Å². The number of carbonyl (C=O) groups excluding carboxylic acids is 1. The highest BCUT2D eigenvalue weighted by Crippen LogP contribution is 2.20. The number of nitrogens with zero attached hydrogens (tertiary/aromatic N) is 1. The van der Waals surface area contributed by atoms with Crippen molar-refractivity contribution in [3.05, 3.63) is 59.7 Å². The molecule has 2 aromatic carbocycles. The first-order chi connectivity index (χ1) is 12.1. The molecule has 0 fully saturated rings. The number of anilines is 1. The molecule has 3 rings (SSSR count). The molecule has 1 heterocycles. The number of fused-ring (bicyclic) bond motifs is 1. The Morgan fingerprint density at radius 1 is 1.32 bits per heavy atom. The summed E-state index contributed by atoms with van der Waals surface area (Å²) in [5.74, 6) is 1.04. The van der Waals surface area contributed by atoms with Gasteiger partial charge in [-0.1, -0.05) is 18.2 Å². The normalized spacial score (nSPS) is 12.4. The highest BCUT2D eigenvalue weighted by molar-refractivity contribution is 5.94. The van der Waals surface area contributed by atoms with Gasteiger partial charge in [0, 0.05) is 11.5 Å². The molecule has 0 aliphatic heterocycles. The molecule has 128 valence electrons. The van der Waals surface area contributed by atoms with E-state index < -0.39 is 0 Å². The molecule has 1 amide bonds. The first-order valence-corrected chi connectivity index (χ1v) is 7.93. The highest BCUT2D eigenvalue weighted by atomic mass is 16.5. The van der Waals surface area contributed by atoms with Crippen LogP contribution in [0.1, 0.15) is 24.1 Å². The van der Waals surface area contributed by atoms with E-state index in [9.17, 15) is 4.79 Å². The van der Waals surface area contributed by atoms with Crippen LogP contribution in [-0.2, 0) is 4.79 Å². The van der Waals surface area contributed by atoms with E-state index in [1.165, 1.54) is 6.08 Å². The predicted octanol–water partition coefficient (Wildman–Crippen LogP) is 3.04. The number of nitrogens with two attached hydrogens (primary N) is 1. The molecule has 1 aromatic heterocycles. The van der Waals surface area contributed by atoms with Crippen molar-refractivity contribution in [2.75, 3.05) is 12.8 Å². The van der Waals surface area contributed by atoms with Gasteiger partial charge in [-0.2, -0.15) is 5.10 Å². The maximum Gasteiger partial charge on any atom is 0.244 e. The van der Waals surface area contributed by atoms with E-state index in [2.05, 4.69) is 15.5 Å². The summed E-state index contributed by atoms with van der Waals surface area (Å²) in [6.07, 6.45) is 3.26. The number of methoxy groups -OCH3 is 1. The van der Waals surface area contributed by atoms with Crippen molar-refractivity contribution in [1.29, 1.82) is 0 Å². The zero-order valence-electron chi connectivity index (χ0n) is 14.1. The summed E-state index contributed by atoms with van der Waals surface area (Å²) < 4.78 is 5.21. The molecule has 0 aliphatic rings. The molecule has 0 radical (unpaired) electrons. The first kappa shape index (κ1) is 16.6. The second-order valence-electron chi connectivity index (χ2n) is 5.75. The highest BCUT2D eigenvalue weighted by Gasteiger charge is 2.08. The third kappa shape index (κ3) is 3.80. The Morgan fingerprint density at radius 3 is 2.96 bits per heavy atom. The molecule has 0 spiro atoms. The molecule has 25 heavy (non-hydrogen) atoms. The zero-order chi connectivity index (χ0) is 17.8. The summed E-state index contributed by atoms with van der Waals surface area (Å²) in [6, 6.07) is 13.2. The number of rotatable bonds is 5. The summed E-state index contributed by atoms with van der Waals surface area (Å²) in [6.45, 7) is 1.93. The Bertz CT molecular complexity index is 930. The number of hydrogen-bond donors (Lipinski definition) is 3. The second kappa shape index (κ2) is 7.09. The topological polar surface area (TPSA) is 93.0 Å². The molecular weight excluding hydrogens is 316 g/mol. The lowest BCUT2D eigenvalue weighted by molar-refractivity contribution is -0.117. The Balaban J connectivity index is 1.68. The van der Waals surface area contributed by atoms with E-state index in [0.717, 1.165) is 27.8 Å². The van der Waals surface area contributed by atoms with E-state index in [-0.39, 0.29) is 11.9 Å². The van der Waals surface area contributed by atoms with Crippen molar-refractivity contribution < 1.29 is 9.53 Å². The van der Waals surface area contributed by atoms with Gasteiger partial charge in [0.25, 0.3) is 0 Å². The Kier molecular flexibility index (Phi) is 4.70. The van der Waals surface area contributed by atoms with Crippen LogP contribution in [-0.4, -0.2) is 23.2 Å². The average Bonchev–Trinajstić information content (AvgIpc) is 3.00. The summed E-state index contributed by atoms with van der Waals surface area (Å²) in [4.78, 5) is 12.2. The van der Waals surface area contributed by atoms with Crippen LogP contribution in [0, 0.1) is 0 Å². The molecule has 6 heteroatoms. The quantitative estimate of drug-likeness (QED) is 0.624. The van der Waals surface area contributed by atoms with Gasteiger partial charge in [0.2, 0.25) is 5.91 Å². The monoisotopic (exact) mass is 336 g/mol. The van der Waals surface area contributed by atoms with Gasteiger partial charge < -0.3 is 15.8 Å². The van der Waals surface area contributed by atoms with Crippen LogP contribution in [0.2, 0.25) is 0 Å². The fourth-order valence-corrected chi connectivity index (χ4v) is 2.58. The van der Waals surface area contributed by atoms with Gasteiger partial charge in [0.1, 0.15) is 5.75 Å². The summed E-state index contributed by atoms with van der Waals surface area (Å²) in [7, 11) is 1.62. The van der Waals surface area contributed by atoms with Gasteiger partial charge in [-0.05, 0) is 48.4 Å². The second-order valence-corrected chi connectivity index (χ2v) is 5.75. The van der Waals surface area contributed by atoms with Gasteiger partial charge in [0.05, 0.1) is 18.7 Å². The van der Waals surface area contributed by atoms with Gasteiger partial charge in [-0.15, -0.1) is 0 Å². The molecule has 4 N–H and O–H groups in total. The maximum atomic E-state index is 12.2. The number of H-pyrrole nitrogens is 1. The van der Waals surface area contributed by atoms with E-state index >= 15 is 0 Å². The number of benzene rings is 2. The van der Waals surface area contributed by atoms with E-state index in [4.69, 9.17) is 10.5 Å². The van der Waals surface area contributed by atoms with Crippen LogP contribution in [0.5, 0.6) is 5.75 Å². The molecule has 6 nitrogen and oxygen atoms in total. The molecule has 0 aliphatic carbocycles. The standard InChI is InChI=1S/C19H20N4O2/c1-12(14-4-3-5-15(11-14)25-2)21-18(24)9-7-13-6-8-17-16(10-13)19(20)23-22-17/h3-12H,1-2H3,(H,21,24)(H3,20,22,23)/b9-7+/t12-/m1/s1. The molecule has 0 saturated carbocycles. The summed E-state index contributed by atoms with van der Waals surface area (Å²) in [5, 5.41) is 10.6. The molecule has 0 saturated heterocycles. The molecule has 0 unspecified atom stereocenters. The Hall–Kier alpha value is -3.28. The van der Waals surface area contributed by atoms with Crippen molar-refractivity contribution in [2.24, 2.45) is 0 Å². The minimum absolute atomic E-state index is 0.126. The van der Waals surface area contributed by atoms with Crippen molar-refractivity contribution in [2.45, 2.75) is 13.0 Å². The van der Waals surface area contributed by atoms with Gasteiger partial charge in [0.15, 0.2) is 5.82 Å². The van der Waals surface area contributed by atoms with E-state index in [1.54, 1.807) is 13.2 Å². The smallest absolute Gasteiger partial charge is 0.244 e. The van der Waals surface area contributed by atoms with Crippen molar-refractivity contribution in [1.82, 2.24) is 15.5 Å². The lowest BCUT2D eigenvalue weighted by Gasteiger charge is -2.13. The van der Waals surface area contributed by atoms with Crippen molar-refractivity contribution >= 4 is 28.7 Å². The van der Waals surface area contributed by atoms with Crippen LogP contribution in [0.15, 0.2) is 48.5 Å². The largest absolute Gasteiger partial charge is 0.497 e. The third-order valence-electron chi connectivity index (χ3n) is 4.00. The van der Waals surface area contributed by atoms with Crippen LogP contribution in [0.25, 0.3) is 17.0 Å². The maximum absolute atomic E-state index is 12.2. The summed E-state index contributed by atoms with van der Waals surface area (Å²) >= 11 is 0. The molecular formula is C19H20N4O2. The fraction of sp³-hybridized carbons (Fsp3) is 0.158. The third-order valence-corrected chi connectivity index (χ3v) is 4.00. The van der Waals surface area contributed by atoms with E-state index in [0.29, 0.717) is 5.82 Å². The molecule has 1 atom stereocenters. The van der Waals surface area contributed by atoms with Gasteiger partial charge in [-0.25, -0.2) is 0 Å². The average molecular weight is 336 g/mol. The number of hydrogen-bond acceptors (Lipinski definition) is 4. The van der Waals surface area contributed by atoms with Crippen LogP contribution < -0.4 is 15.8 Å². The predicted molar refractivity (Wildman–Crippen MR) is 99.1 cm³/mol. The number of aromatic nitrogens is 2. The van der Waals surface area contributed by atoms with Gasteiger partial charge in [-0.3, -0.25) is 9.89 Å². The minimum Gasteiger partial charge on any atom is -0.497 e. The lowest BCUT2D eigenvalue weighted by atomic mass is 10.1. The lowest BCUT2D eigenvalue weighted by Crippen LogP contribution is -2.24. The van der Waals surface area contributed by atoms with Gasteiger partial charge >= 0.3 is 0 Å². The van der Waals surface area contributed by atoms with Crippen LogP contribution in [0.3, 0.4) is 0 Å². The zero-order valence-corrected chi connectivity index (χ0v) is 14.1. The number of aromatic amines is 1. The molecule has 0 bridgehead atoms. The molecule has 3 aromatic rings. The minimum atomic E-state index is -0.171. The summed E-state index contributed by atoms with van der Waals surface area (Å²) in [5.41, 5.74) is 8.53. The fourth-order valence-electron chi connectivity index (χ4n) is 2.58. The Morgan fingerprint density at radius 2 is 2.16 bits per heavy atom. The number of nitrogens with one attached hydrogen (secondary N) is 2. The van der Waals surface area contributed by atoms with E-state index in [1.807, 2.05) is 49.4 Å². The first-order valence-electron chi connectivity index (χ1n) is 7.93.